The predicted octanol–water partition coefficient (Wildman–Crippen LogP) is 5.00. The lowest BCUT2D eigenvalue weighted by atomic mass is 9.74. The normalized spacial score (nSPS) is 20.6. The van der Waals surface area contributed by atoms with Crippen LogP contribution in [0.25, 0.3) is 0 Å². The van der Waals surface area contributed by atoms with Gasteiger partial charge in [-0.25, -0.2) is 0 Å². The first-order valence-corrected chi connectivity index (χ1v) is 8.14. The van der Waals surface area contributed by atoms with E-state index in [2.05, 4.69) is 52.3 Å². The van der Waals surface area contributed by atoms with Gasteiger partial charge in [0.2, 0.25) is 0 Å². The van der Waals surface area contributed by atoms with Crippen molar-refractivity contribution in [2.45, 2.75) is 24.1 Å². The minimum atomic E-state index is -0.0192. The molecule has 0 spiro atoms. The predicted molar refractivity (Wildman–Crippen MR) is 84.8 cm³/mol. The molecule has 102 valence electrons. The number of alkyl halides is 1. The maximum absolute atomic E-state index is 6.79. The fourth-order valence-corrected chi connectivity index (χ4v) is 4.19. The lowest BCUT2D eigenvalue weighted by Crippen LogP contribution is -2.21. The number of rotatable bonds is 2. The molecule has 0 aromatic heterocycles. The van der Waals surface area contributed by atoms with E-state index in [1.54, 1.807) is 0 Å². The van der Waals surface area contributed by atoms with E-state index in [1.165, 1.54) is 16.7 Å². The van der Waals surface area contributed by atoms with Crippen molar-refractivity contribution < 1.29 is 4.74 Å². The summed E-state index contributed by atoms with van der Waals surface area (Å²) in [6, 6.07) is 12.8. The van der Waals surface area contributed by atoms with Crippen molar-refractivity contribution in [2.75, 3.05) is 6.61 Å². The molecule has 1 heterocycles. The lowest BCUT2D eigenvalue weighted by Gasteiger charge is -2.34. The molecule has 1 aliphatic carbocycles. The number of hydrogen-bond donors (Lipinski definition) is 0. The number of fused-ring (bicyclic) bond motifs is 2. The zero-order valence-corrected chi connectivity index (χ0v) is 13.2. The van der Waals surface area contributed by atoms with Gasteiger partial charge < -0.3 is 4.74 Å². The SMILES string of the molecule is ClC(c1cc(Br)cc2c1OCC2)C1Cc2ccccc21. The molecular weight excluding hydrogens is 336 g/mol. The first-order chi connectivity index (χ1) is 9.74. The summed E-state index contributed by atoms with van der Waals surface area (Å²) in [5.41, 5.74) is 5.22. The molecule has 0 saturated carbocycles. The Morgan fingerprint density at radius 2 is 2.05 bits per heavy atom. The average Bonchev–Trinajstić information content (AvgIpc) is 2.87. The highest BCUT2D eigenvalue weighted by Gasteiger charge is 2.35. The molecule has 2 unspecified atom stereocenters. The Kier molecular flexibility index (Phi) is 3.04. The molecule has 2 aromatic rings. The summed E-state index contributed by atoms with van der Waals surface area (Å²) in [5.74, 6) is 1.41. The maximum atomic E-state index is 6.79. The summed E-state index contributed by atoms with van der Waals surface area (Å²) < 4.78 is 6.90. The molecule has 1 aliphatic heterocycles. The van der Waals surface area contributed by atoms with E-state index in [-0.39, 0.29) is 5.38 Å². The first kappa shape index (κ1) is 12.7. The van der Waals surface area contributed by atoms with E-state index in [4.69, 9.17) is 16.3 Å². The van der Waals surface area contributed by atoms with E-state index in [0.29, 0.717) is 5.92 Å². The number of hydrogen-bond acceptors (Lipinski definition) is 1. The van der Waals surface area contributed by atoms with Crippen LogP contribution in [0.1, 0.15) is 33.5 Å². The van der Waals surface area contributed by atoms with Gasteiger partial charge in [-0.2, -0.15) is 0 Å². The third kappa shape index (κ3) is 1.89. The van der Waals surface area contributed by atoms with Crippen molar-refractivity contribution >= 4 is 27.5 Å². The van der Waals surface area contributed by atoms with Gasteiger partial charge >= 0.3 is 0 Å². The lowest BCUT2D eigenvalue weighted by molar-refractivity contribution is 0.351. The number of ether oxygens (including phenoxy) is 1. The van der Waals surface area contributed by atoms with Gasteiger partial charge in [-0.15, -0.1) is 11.6 Å². The van der Waals surface area contributed by atoms with E-state index < -0.39 is 0 Å². The minimum absolute atomic E-state index is 0.0192. The van der Waals surface area contributed by atoms with Gasteiger partial charge in [-0.3, -0.25) is 0 Å². The molecule has 0 saturated heterocycles. The van der Waals surface area contributed by atoms with Crippen LogP contribution in [-0.4, -0.2) is 6.61 Å². The highest BCUT2D eigenvalue weighted by molar-refractivity contribution is 9.10. The minimum Gasteiger partial charge on any atom is -0.493 e. The molecule has 0 fully saturated rings. The van der Waals surface area contributed by atoms with Gasteiger partial charge in [0.15, 0.2) is 0 Å². The topological polar surface area (TPSA) is 9.23 Å². The third-order valence-corrected chi connectivity index (χ3v) is 5.32. The second-order valence-corrected chi connectivity index (χ2v) is 6.88. The van der Waals surface area contributed by atoms with E-state index in [9.17, 15) is 0 Å². The highest BCUT2D eigenvalue weighted by Crippen LogP contribution is 2.50. The number of halogens is 2. The second-order valence-electron chi connectivity index (χ2n) is 5.49. The summed E-state index contributed by atoms with van der Waals surface area (Å²) in [6.07, 6.45) is 2.04. The van der Waals surface area contributed by atoms with Crippen LogP contribution < -0.4 is 4.74 Å². The number of benzene rings is 2. The Labute approximate surface area is 132 Å². The molecule has 2 aliphatic rings. The van der Waals surface area contributed by atoms with E-state index in [1.807, 2.05) is 0 Å². The fourth-order valence-electron chi connectivity index (χ4n) is 3.28. The van der Waals surface area contributed by atoms with E-state index in [0.717, 1.165) is 35.2 Å². The summed E-state index contributed by atoms with van der Waals surface area (Å²) in [7, 11) is 0. The van der Waals surface area contributed by atoms with Gasteiger partial charge in [0.05, 0.1) is 12.0 Å². The van der Waals surface area contributed by atoms with E-state index >= 15 is 0 Å². The molecule has 0 N–H and O–H groups in total. The first-order valence-electron chi connectivity index (χ1n) is 6.91. The van der Waals surface area contributed by atoms with Crippen LogP contribution in [0.3, 0.4) is 0 Å². The third-order valence-electron chi connectivity index (χ3n) is 4.32. The monoisotopic (exact) mass is 348 g/mol. The van der Waals surface area contributed by atoms with Crippen LogP contribution in [0.2, 0.25) is 0 Å². The fraction of sp³-hybridized carbons (Fsp3) is 0.294. The summed E-state index contributed by atoms with van der Waals surface area (Å²) in [6.45, 7) is 0.768. The molecule has 20 heavy (non-hydrogen) atoms. The molecule has 3 heteroatoms. The molecule has 2 atom stereocenters. The van der Waals surface area contributed by atoms with Crippen molar-refractivity contribution in [3.63, 3.8) is 0 Å². The Hall–Kier alpha value is -0.990. The second kappa shape index (κ2) is 4.78. The molecule has 0 bridgehead atoms. The average molecular weight is 350 g/mol. The largest absolute Gasteiger partial charge is 0.493 e. The van der Waals surface area contributed by atoms with Crippen LogP contribution in [0, 0.1) is 0 Å². The van der Waals surface area contributed by atoms with Gasteiger partial charge in [-0.05, 0) is 35.2 Å². The zero-order valence-electron chi connectivity index (χ0n) is 10.9. The van der Waals surface area contributed by atoms with Crippen molar-refractivity contribution in [2.24, 2.45) is 0 Å². The molecule has 4 rings (SSSR count). The van der Waals surface area contributed by atoms with Crippen molar-refractivity contribution in [3.05, 3.63) is 63.1 Å². The summed E-state index contributed by atoms with van der Waals surface area (Å²) in [5, 5.41) is -0.0192. The zero-order chi connectivity index (χ0) is 13.7. The van der Waals surface area contributed by atoms with Gasteiger partial charge in [0, 0.05) is 22.4 Å². The molecule has 0 amide bonds. The van der Waals surface area contributed by atoms with Crippen molar-refractivity contribution in [1.82, 2.24) is 0 Å². The Bertz CT molecular complexity index is 683. The molecule has 0 radical (unpaired) electrons. The summed E-state index contributed by atoms with van der Waals surface area (Å²) >= 11 is 10.4. The quantitative estimate of drug-likeness (QED) is 0.693. The van der Waals surface area contributed by atoms with Crippen LogP contribution in [0.15, 0.2) is 40.9 Å². The van der Waals surface area contributed by atoms with Crippen LogP contribution in [0.5, 0.6) is 5.75 Å². The van der Waals surface area contributed by atoms with Gasteiger partial charge in [0.1, 0.15) is 5.75 Å². The molecule has 1 nitrogen and oxygen atoms in total. The molecular formula is C17H14BrClO. The smallest absolute Gasteiger partial charge is 0.127 e. The van der Waals surface area contributed by atoms with Crippen LogP contribution in [0.4, 0.5) is 0 Å². The maximum Gasteiger partial charge on any atom is 0.127 e. The van der Waals surface area contributed by atoms with Crippen molar-refractivity contribution in [3.8, 4) is 5.75 Å². The van der Waals surface area contributed by atoms with Gasteiger partial charge in [-0.1, -0.05) is 40.2 Å². The highest BCUT2D eigenvalue weighted by atomic mass is 79.9. The van der Waals surface area contributed by atoms with Crippen molar-refractivity contribution in [1.29, 1.82) is 0 Å². The van der Waals surface area contributed by atoms with Gasteiger partial charge in [0.25, 0.3) is 0 Å². The Balaban J connectivity index is 1.73. The Morgan fingerprint density at radius 3 is 2.90 bits per heavy atom. The Morgan fingerprint density at radius 1 is 1.20 bits per heavy atom. The standard InChI is InChI=1S/C17H14BrClO/c18-12-7-11-5-6-20-17(11)15(9-12)16(19)14-8-10-3-1-2-4-13(10)14/h1-4,7,9,14,16H,5-6,8H2. The van der Waals surface area contributed by atoms with Crippen LogP contribution >= 0.6 is 27.5 Å². The van der Waals surface area contributed by atoms with Crippen LogP contribution in [-0.2, 0) is 12.8 Å². The summed E-state index contributed by atoms with van der Waals surface area (Å²) in [4.78, 5) is 0. The molecule has 2 aromatic carbocycles.